The van der Waals surface area contributed by atoms with Crippen molar-refractivity contribution in [2.45, 2.75) is 32.4 Å². The average Bonchev–Trinajstić information content (AvgIpc) is 2.84. The maximum atomic E-state index is 4.71. The van der Waals surface area contributed by atoms with Gasteiger partial charge < -0.3 is 9.72 Å². The molecule has 1 aliphatic heterocycles. The van der Waals surface area contributed by atoms with Crippen LogP contribution in [0.15, 0.2) is 30.6 Å². The molecule has 1 N–H and O–H groups in total. The Morgan fingerprint density at radius 1 is 1.42 bits per heavy atom. The molecule has 4 heteroatoms. The number of rotatable bonds is 3. The van der Waals surface area contributed by atoms with E-state index < -0.39 is 0 Å². The van der Waals surface area contributed by atoms with Crippen molar-refractivity contribution in [3.63, 3.8) is 0 Å². The van der Waals surface area contributed by atoms with Gasteiger partial charge in [-0.2, -0.15) is 0 Å². The molecule has 102 valence electrons. The first-order chi connectivity index (χ1) is 9.21. The fourth-order valence-corrected chi connectivity index (χ4v) is 2.83. The van der Waals surface area contributed by atoms with Gasteiger partial charge in [-0.1, -0.05) is 13.0 Å². The lowest BCUT2D eigenvalue weighted by Crippen LogP contribution is -2.58. The third-order valence-electron chi connectivity index (χ3n) is 4.36. The van der Waals surface area contributed by atoms with Gasteiger partial charge in [-0.25, -0.2) is 4.98 Å². The zero-order chi connectivity index (χ0) is 13.3. The number of pyridine rings is 1. The van der Waals surface area contributed by atoms with Crippen LogP contribution in [0.3, 0.4) is 0 Å². The third kappa shape index (κ3) is 2.38. The van der Waals surface area contributed by atoms with E-state index in [4.69, 9.17) is 4.98 Å². The van der Waals surface area contributed by atoms with Crippen LogP contribution >= 0.6 is 0 Å². The second-order valence-electron chi connectivity index (χ2n) is 5.65. The molecule has 3 rings (SSSR count). The van der Waals surface area contributed by atoms with Crippen molar-refractivity contribution in [3.8, 4) is 0 Å². The minimum atomic E-state index is 0.244. The van der Waals surface area contributed by atoms with Gasteiger partial charge in [0.2, 0.25) is 0 Å². The average molecular weight is 258 g/mol. The molecule has 2 aromatic rings. The standard InChI is InChI=1S/C15H22N4/c1-3-15(2)12-16-7-9-19(15)11-13-10-18-8-5-4-6-14(18)17-13/h4-6,8,10,16H,3,7,9,11-12H2,1-2H3. The van der Waals surface area contributed by atoms with Crippen LogP contribution < -0.4 is 5.32 Å². The van der Waals surface area contributed by atoms with Gasteiger partial charge in [0.15, 0.2) is 0 Å². The molecule has 0 radical (unpaired) electrons. The highest BCUT2D eigenvalue weighted by molar-refractivity contribution is 5.39. The summed E-state index contributed by atoms with van der Waals surface area (Å²) in [5, 5.41) is 3.50. The molecule has 19 heavy (non-hydrogen) atoms. The summed E-state index contributed by atoms with van der Waals surface area (Å²) in [6.07, 6.45) is 5.36. The molecule has 2 aromatic heterocycles. The van der Waals surface area contributed by atoms with Gasteiger partial charge in [0.05, 0.1) is 5.69 Å². The summed E-state index contributed by atoms with van der Waals surface area (Å²) in [4.78, 5) is 7.27. The summed E-state index contributed by atoms with van der Waals surface area (Å²) in [6, 6.07) is 6.13. The van der Waals surface area contributed by atoms with E-state index in [2.05, 4.69) is 46.9 Å². The van der Waals surface area contributed by atoms with Crippen molar-refractivity contribution in [2.75, 3.05) is 19.6 Å². The summed E-state index contributed by atoms with van der Waals surface area (Å²) in [5.74, 6) is 0. The smallest absolute Gasteiger partial charge is 0.137 e. The van der Waals surface area contributed by atoms with Gasteiger partial charge in [-0.05, 0) is 25.5 Å². The maximum absolute atomic E-state index is 4.71. The lowest BCUT2D eigenvalue weighted by molar-refractivity contribution is 0.0627. The fraction of sp³-hybridized carbons (Fsp3) is 0.533. The Balaban J connectivity index is 1.83. The largest absolute Gasteiger partial charge is 0.314 e. The molecule has 1 fully saturated rings. The van der Waals surface area contributed by atoms with E-state index in [9.17, 15) is 0 Å². The number of aromatic nitrogens is 2. The Labute approximate surface area is 114 Å². The van der Waals surface area contributed by atoms with Crippen LogP contribution in [0, 0.1) is 0 Å². The first-order valence-corrected chi connectivity index (χ1v) is 7.10. The number of hydrogen-bond acceptors (Lipinski definition) is 3. The summed E-state index contributed by atoms with van der Waals surface area (Å²) >= 11 is 0. The highest BCUT2D eigenvalue weighted by atomic mass is 15.3. The molecule has 1 unspecified atom stereocenters. The molecule has 4 nitrogen and oxygen atoms in total. The molecule has 1 saturated heterocycles. The molecule has 1 atom stereocenters. The predicted molar refractivity (Wildman–Crippen MR) is 77.2 cm³/mol. The first-order valence-electron chi connectivity index (χ1n) is 7.10. The van der Waals surface area contributed by atoms with E-state index in [1.165, 1.54) is 0 Å². The van der Waals surface area contributed by atoms with E-state index in [0.717, 1.165) is 43.9 Å². The van der Waals surface area contributed by atoms with Gasteiger partial charge in [0.1, 0.15) is 5.65 Å². The number of nitrogens with one attached hydrogen (secondary N) is 1. The number of piperazine rings is 1. The SMILES string of the molecule is CCC1(C)CNCCN1Cc1cn2ccccc2n1. The molecule has 3 heterocycles. The molecular weight excluding hydrogens is 236 g/mol. The summed E-state index contributed by atoms with van der Waals surface area (Å²) in [5.41, 5.74) is 2.44. The zero-order valence-corrected chi connectivity index (χ0v) is 11.8. The number of fused-ring (bicyclic) bond motifs is 1. The van der Waals surface area contributed by atoms with Crippen LogP contribution in [0.4, 0.5) is 0 Å². The zero-order valence-electron chi connectivity index (χ0n) is 11.8. The normalized spacial score (nSPS) is 24.9. The van der Waals surface area contributed by atoms with Gasteiger partial charge in [0.25, 0.3) is 0 Å². The van der Waals surface area contributed by atoms with Crippen molar-refractivity contribution in [1.29, 1.82) is 0 Å². The first kappa shape index (κ1) is 12.6. The molecule has 0 aromatic carbocycles. The second kappa shape index (κ2) is 4.94. The van der Waals surface area contributed by atoms with Crippen molar-refractivity contribution in [1.82, 2.24) is 19.6 Å². The Morgan fingerprint density at radius 2 is 2.32 bits per heavy atom. The van der Waals surface area contributed by atoms with Crippen LogP contribution in [0.25, 0.3) is 5.65 Å². The van der Waals surface area contributed by atoms with E-state index in [0.29, 0.717) is 0 Å². The second-order valence-corrected chi connectivity index (χ2v) is 5.65. The van der Waals surface area contributed by atoms with Gasteiger partial charge in [-0.3, -0.25) is 4.90 Å². The van der Waals surface area contributed by atoms with Gasteiger partial charge in [0, 0.05) is 44.1 Å². The Morgan fingerprint density at radius 3 is 3.11 bits per heavy atom. The van der Waals surface area contributed by atoms with E-state index >= 15 is 0 Å². The minimum absolute atomic E-state index is 0.244. The molecule has 0 spiro atoms. The highest BCUT2D eigenvalue weighted by Gasteiger charge is 2.32. The Bertz CT molecular complexity index is 529. The third-order valence-corrected chi connectivity index (χ3v) is 4.36. The lowest BCUT2D eigenvalue weighted by atomic mass is 9.94. The molecular formula is C15H22N4. The minimum Gasteiger partial charge on any atom is -0.314 e. The Hall–Kier alpha value is -1.39. The molecule has 0 saturated carbocycles. The quantitative estimate of drug-likeness (QED) is 0.913. The monoisotopic (exact) mass is 258 g/mol. The van der Waals surface area contributed by atoms with Crippen molar-refractivity contribution in [2.24, 2.45) is 0 Å². The summed E-state index contributed by atoms with van der Waals surface area (Å²) in [7, 11) is 0. The van der Waals surface area contributed by atoms with Gasteiger partial charge >= 0.3 is 0 Å². The fourth-order valence-electron chi connectivity index (χ4n) is 2.83. The van der Waals surface area contributed by atoms with Crippen molar-refractivity contribution >= 4 is 5.65 Å². The highest BCUT2D eigenvalue weighted by Crippen LogP contribution is 2.23. The molecule has 0 bridgehead atoms. The van der Waals surface area contributed by atoms with Crippen LogP contribution in [0.2, 0.25) is 0 Å². The predicted octanol–water partition coefficient (Wildman–Crippen LogP) is 1.91. The molecule has 0 aliphatic carbocycles. The van der Waals surface area contributed by atoms with Crippen molar-refractivity contribution < 1.29 is 0 Å². The number of imidazole rings is 1. The van der Waals surface area contributed by atoms with Crippen molar-refractivity contribution in [3.05, 3.63) is 36.3 Å². The lowest BCUT2D eigenvalue weighted by Gasteiger charge is -2.44. The van der Waals surface area contributed by atoms with E-state index in [1.54, 1.807) is 0 Å². The maximum Gasteiger partial charge on any atom is 0.137 e. The summed E-state index contributed by atoms with van der Waals surface area (Å²) < 4.78 is 2.10. The van der Waals surface area contributed by atoms with Crippen LogP contribution in [-0.2, 0) is 6.54 Å². The number of nitrogens with zero attached hydrogens (tertiary/aromatic N) is 3. The topological polar surface area (TPSA) is 32.6 Å². The number of hydrogen-bond donors (Lipinski definition) is 1. The van der Waals surface area contributed by atoms with Crippen LogP contribution in [0.1, 0.15) is 26.0 Å². The van der Waals surface area contributed by atoms with Gasteiger partial charge in [-0.15, -0.1) is 0 Å². The Kier molecular flexibility index (Phi) is 3.29. The van der Waals surface area contributed by atoms with Crippen LogP contribution in [0.5, 0.6) is 0 Å². The van der Waals surface area contributed by atoms with E-state index in [1.807, 2.05) is 12.1 Å². The molecule has 0 amide bonds. The summed E-state index contributed by atoms with van der Waals surface area (Å²) in [6.45, 7) is 8.78. The van der Waals surface area contributed by atoms with Crippen LogP contribution in [-0.4, -0.2) is 39.5 Å². The van der Waals surface area contributed by atoms with E-state index in [-0.39, 0.29) is 5.54 Å². The molecule has 1 aliphatic rings.